The van der Waals surface area contributed by atoms with Gasteiger partial charge in [0.15, 0.2) is 0 Å². The summed E-state index contributed by atoms with van der Waals surface area (Å²) in [4.78, 5) is 32.5. The fourth-order valence-electron chi connectivity index (χ4n) is 3.53. The normalized spacial score (nSPS) is 18.2. The predicted octanol–water partition coefficient (Wildman–Crippen LogP) is 3.33. The number of carbonyl (C=O) groups excluding carboxylic acids is 2. The molecule has 0 radical (unpaired) electrons. The van der Waals surface area contributed by atoms with Crippen molar-refractivity contribution in [2.24, 2.45) is 0 Å². The second kappa shape index (κ2) is 9.98. The molecule has 30 heavy (non-hydrogen) atoms. The molecule has 0 saturated heterocycles. The van der Waals surface area contributed by atoms with Crippen LogP contribution in [-0.2, 0) is 16.1 Å². The molecule has 0 saturated carbocycles. The van der Waals surface area contributed by atoms with Gasteiger partial charge >= 0.3 is 0 Å². The maximum absolute atomic E-state index is 12.6. The van der Waals surface area contributed by atoms with E-state index in [2.05, 4.69) is 23.0 Å². The van der Waals surface area contributed by atoms with Crippen molar-refractivity contribution >= 4 is 23.7 Å². The van der Waals surface area contributed by atoms with E-state index in [9.17, 15) is 9.59 Å². The Labute approximate surface area is 178 Å². The van der Waals surface area contributed by atoms with Gasteiger partial charge in [-0.1, -0.05) is 37.0 Å². The molecule has 0 spiro atoms. The highest BCUT2D eigenvalue weighted by atomic mass is 16.2. The number of anilines is 1. The largest absolute Gasteiger partial charge is 0.335 e. The van der Waals surface area contributed by atoms with E-state index in [-0.39, 0.29) is 11.8 Å². The molecule has 3 rings (SSSR count). The number of nitrogens with zero attached hydrogens (tertiary/aromatic N) is 3. The third-order valence-electron chi connectivity index (χ3n) is 5.10. The summed E-state index contributed by atoms with van der Waals surface area (Å²) in [6, 6.07) is 1.96. The lowest BCUT2D eigenvalue weighted by Crippen LogP contribution is -2.33. The maximum Gasteiger partial charge on any atom is 0.246 e. The lowest BCUT2D eigenvalue weighted by Gasteiger charge is -2.26. The minimum absolute atomic E-state index is 0.0248. The molecule has 0 atom stereocenters. The van der Waals surface area contributed by atoms with Crippen LogP contribution in [0.15, 0.2) is 66.4 Å². The molecule has 2 amide bonds. The molecule has 0 unspecified atom stereocenters. The second-order valence-electron chi connectivity index (χ2n) is 7.45. The number of rotatable bonds is 5. The highest BCUT2D eigenvalue weighted by Crippen LogP contribution is 2.21. The summed E-state index contributed by atoms with van der Waals surface area (Å²) >= 11 is 0. The lowest BCUT2D eigenvalue weighted by molar-refractivity contribution is -0.125. The quantitative estimate of drug-likeness (QED) is 0.604. The van der Waals surface area contributed by atoms with E-state index in [1.807, 2.05) is 54.1 Å². The molecule has 1 aromatic rings. The molecule has 2 aliphatic rings. The highest BCUT2D eigenvalue weighted by Gasteiger charge is 2.18. The van der Waals surface area contributed by atoms with Crippen LogP contribution in [0.25, 0.3) is 6.08 Å². The molecule has 6 heteroatoms. The summed E-state index contributed by atoms with van der Waals surface area (Å²) in [6.07, 6.45) is 15.8. The monoisotopic (exact) mass is 404 g/mol. The van der Waals surface area contributed by atoms with Gasteiger partial charge in [0.1, 0.15) is 5.82 Å². The van der Waals surface area contributed by atoms with Crippen molar-refractivity contribution in [1.29, 1.82) is 0 Å². The van der Waals surface area contributed by atoms with Gasteiger partial charge in [-0.25, -0.2) is 4.98 Å². The van der Waals surface area contributed by atoms with Crippen molar-refractivity contribution in [2.45, 2.75) is 19.9 Å². The van der Waals surface area contributed by atoms with E-state index in [1.54, 1.807) is 18.3 Å². The van der Waals surface area contributed by atoms with E-state index in [0.29, 0.717) is 32.0 Å². The summed E-state index contributed by atoms with van der Waals surface area (Å²) in [7, 11) is 1.89. The average Bonchev–Trinajstić information content (AvgIpc) is 2.88. The number of fused-ring (bicyclic) bond motifs is 1. The molecule has 0 fully saturated rings. The van der Waals surface area contributed by atoms with Crippen molar-refractivity contribution in [1.82, 2.24) is 14.8 Å². The van der Waals surface area contributed by atoms with Crippen molar-refractivity contribution in [3.8, 4) is 0 Å². The van der Waals surface area contributed by atoms with Gasteiger partial charge in [-0.2, -0.15) is 0 Å². The number of carbonyl (C=O) groups is 2. The molecule has 156 valence electrons. The first-order chi connectivity index (χ1) is 14.5. The van der Waals surface area contributed by atoms with Gasteiger partial charge in [-0.05, 0) is 49.2 Å². The Morgan fingerprint density at radius 3 is 2.87 bits per heavy atom. The number of pyridine rings is 1. The number of likely N-dealkylation sites (N-methyl/N-ethyl adjacent to an activating group) is 1. The summed E-state index contributed by atoms with van der Waals surface area (Å²) in [5.41, 5.74) is 4.09. The predicted molar refractivity (Wildman–Crippen MR) is 121 cm³/mol. The molecular weight excluding hydrogens is 376 g/mol. The van der Waals surface area contributed by atoms with E-state index < -0.39 is 0 Å². The molecule has 0 bridgehead atoms. The van der Waals surface area contributed by atoms with Gasteiger partial charge in [-0.15, -0.1) is 0 Å². The first-order valence-corrected chi connectivity index (χ1v) is 10.1. The molecule has 6 nitrogen and oxygen atoms in total. The van der Waals surface area contributed by atoms with Crippen LogP contribution in [0.1, 0.15) is 24.5 Å². The van der Waals surface area contributed by atoms with Gasteiger partial charge < -0.3 is 10.2 Å². The van der Waals surface area contributed by atoms with Crippen LogP contribution >= 0.6 is 0 Å². The Morgan fingerprint density at radius 1 is 1.33 bits per heavy atom. The number of aromatic nitrogens is 1. The standard InChI is InChI=1S/C24H28N4O2/c1-4-6-7-19(5-2)20-10-12-28(13-11-20)23(30)9-8-18-14-21-16-27(3)17-22(29)26-24(21)25-15-18/h4-10,14-15H,2,11-13,16-17H2,1,3H3,(H,25,26,29)/b6-4-,9-8+,19-7+. The topological polar surface area (TPSA) is 65.5 Å². The van der Waals surface area contributed by atoms with Crippen LogP contribution < -0.4 is 5.32 Å². The Bertz CT molecular complexity index is 956. The number of hydrogen-bond acceptors (Lipinski definition) is 4. The third kappa shape index (κ3) is 5.42. The van der Waals surface area contributed by atoms with Crippen molar-refractivity contribution < 1.29 is 9.59 Å². The van der Waals surface area contributed by atoms with Gasteiger partial charge in [0.05, 0.1) is 6.54 Å². The van der Waals surface area contributed by atoms with Crippen LogP contribution in [-0.4, -0.2) is 53.3 Å². The molecule has 2 aliphatic heterocycles. The summed E-state index contributed by atoms with van der Waals surface area (Å²) in [6.45, 7) is 8.09. The number of amides is 2. The highest BCUT2D eigenvalue weighted by molar-refractivity contribution is 5.93. The van der Waals surface area contributed by atoms with Gasteiger partial charge in [-0.3, -0.25) is 14.5 Å². The lowest BCUT2D eigenvalue weighted by atomic mass is 9.99. The molecule has 1 aromatic heterocycles. The maximum atomic E-state index is 12.6. The second-order valence-corrected chi connectivity index (χ2v) is 7.45. The number of hydrogen-bond donors (Lipinski definition) is 1. The van der Waals surface area contributed by atoms with Gasteiger partial charge in [0.25, 0.3) is 0 Å². The average molecular weight is 405 g/mol. The Kier molecular flexibility index (Phi) is 7.14. The molecule has 0 aromatic carbocycles. The molecule has 0 aliphatic carbocycles. The minimum atomic E-state index is -0.0695. The number of allylic oxidation sites excluding steroid dienone is 5. The fraction of sp³-hybridized carbons (Fsp3) is 0.292. The van der Waals surface area contributed by atoms with Gasteiger partial charge in [0.2, 0.25) is 11.8 Å². The fourth-order valence-corrected chi connectivity index (χ4v) is 3.53. The van der Waals surface area contributed by atoms with Crippen molar-refractivity contribution in [3.63, 3.8) is 0 Å². The molecule has 1 N–H and O–H groups in total. The Balaban J connectivity index is 1.66. The van der Waals surface area contributed by atoms with Crippen LogP contribution in [0.4, 0.5) is 5.82 Å². The van der Waals surface area contributed by atoms with Crippen molar-refractivity contribution in [3.05, 3.63) is 77.6 Å². The van der Waals surface area contributed by atoms with Crippen LogP contribution in [0.2, 0.25) is 0 Å². The number of nitrogens with one attached hydrogen (secondary N) is 1. The summed E-state index contributed by atoms with van der Waals surface area (Å²) in [5.74, 6) is 0.494. The summed E-state index contributed by atoms with van der Waals surface area (Å²) < 4.78 is 0. The third-order valence-corrected chi connectivity index (χ3v) is 5.10. The van der Waals surface area contributed by atoms with Crippen LogP contribution in [0, 0.1) is 0 Å². The molecular formula is C24H28N4O2. The van der Waals surface area contributed by atoms with E-state index in [4.69, 9.17) is 0 Å². The zero-order valence-electron chi connectivity index (χ0n) is 17.6. The summed E-state index contributed by atoms with van der Waals surface area (Å²) in [5, 5.41) is 2.81. The smallest absolute Gasteiger partial charge is 0.246 e. The van der Waals surface area contributed by atoms with Gasteiger partial charge in [0, 0.05) is 37.5 Å². The minimum Gasteiger partial charge on any atom is -0.335 e. The Morgan fingerprint density at radius 2 is 2.17 bits per heavy atom. The zero-order valence-corrected chi connectivity index (χ0v) is 17.6. The SMILES string of the molecule is C=C/C(=C\C=C/C)C1=CCN(C(=O)/C=C/c2cnc3c(c2)CN(C)CC(=O)N3)CC1. The first-order valence-electron chi connectivity index (χ1n) is 10.1. The van der Waals surface area contributed by atoms with Crippen LogP contribution in [0.5, 0.6) is 0 Å². The Hall–Kier alpha value is -3.25. The van der Waals surface area contributed by atoms with Crippen LogP contribution in [0.3, 0.4) is 0 Å². The zero-order chi connectivity index (χ0) is 21.5. The van der Waals surface area contributed by atoms with E-state index >= 15 is 0 Å². The van der Waals surface area contributed by atoms with Crippen molar-refractivity contribution in [2.75, 3.05) is 32.0 Å². The molecule has 3 heterocycles. The van der Waals surface area contributed by atoms with E-state index in [1.165, 1.54) is 5.57 Å². The van der Waals surface area contributed by atoms with E-state index in [0.717, 1.165) is 23.1 Å². The first kappa shape index (κ1) is 21.5.